The van der Waals surface area contributed by atoms with Crippen molar-refractivity contribution in [2.75, 3.05) is 10.2 Å². The molecule has 1 heterocycles. The van der Waals surface area contributed by atoms with Crippen molar-refractivity contribution in [2.45, 2.75) is 39.3 Å². The van der Waals surface area contributed by atoms with Crippen molar-refractivity contribution in [3.8, 4) is 5.75 Å². The third-order valence-corrected chi connectivity index (χ3v) is 5.72. The largest absolute Gasteiger partial charge is 0.479 e. The number of anilines is 2. The molecule has 0 fully saturated rings. The molecule has 164 valence electrons. The zero-order chi connectivity index (χ0) is 22.7. The normalized spacial score (nSPS) is 15.2. The molecule has 32 heavy (non-hydrogen) atoms. The van der Waals surface area contributed by atoms with Gasteiger partial charge in [-0.3, -0.25) is 9.59 Å². The Hall–Kier alpha value is -3.31. The van der Waals surface area contributed by atoms with Crippen LogP contribution in [-0.4, -0.2) is 17.9 Å². The Labute approximate surface area is 193 Å². The van der Waals surface area contributed by atoms with Crippen LogP contribution in [-0.2, 0) is 22.6 Å². The van der Waals surface area contributed by atoms with Crippen molar-refractivity contribution in [1.82, 2.24) is 0 Å². The molecule has 1 aliphatic rings. The molecule has 4 rings (SSSR count). The summed E-state index contributed by atoms with van der Waals surface area (Å²) in [6.07, 6.45) is 0.463. The summed E-state index contributed by atoms with van der Waals surface area (Å²) < 4.78 is 5.78. The lowest BCUT2D eigenvalue weighted by Gasteiger charge is -2.33. The average molecular weight is 449 g/mol. The van der Waals surface area contributed by atoms with E-state index < -0.39 is 6.10 Å². The second-order valence-corrected chi connectivity index (χ2v) is 8.46. The molecule has 6 heteroatoms. The van der Waals surface area contributed by atoms with E-state index in [4.69, 9.17) is 16.3 Å². The van der Waals surface area contributed by atoms with Crippen LogP contribution in [0.5, 0.6) is 5.75 Å². The third kappa shape index (κ3) is 5.11. The number of carbonyl (C=O) groups excluding carboxylic acids is 2. The minimum Gasteiger partial charge on any atom is -0.479 e. The number of aryl methyl sites for hydroxylation is 2. The number of halogens is 1. The molecule has 0 aliphatic carbocycles. The monoisotopic (exact) mass is 448 g/mol. The van der Waals surface area contributed by atoms with Gasteiger partial charge in [-0.15, -0.1) is 0 Å². The van der Waals surface area contributed by atoms with Gasteiger partial charge in [0.1, 0.15) is 5.75 Å². The first-order chi connectivity index (χ1) is 15.4. The van der Waals surface area contributed by atoms with Crippen LogP contribution in [0.25, 0.3) is 0 Å². The van der Waals surface area contributed by atoms with Crippen LogP contribution >= 0.6 is 11.6 Å². The van der Waals surface area contributed by atoms with E-state index >= 15 is 0 Å². The number of carbonyl (C=O) groups is 2. The number of nitrogens with one attached hydrogen (secondary N) is 1. The van der Waals surface area contributed by atoms with Gasteiger partial charge >= 0.3 is 0 Å². The molecule has 3 aromatic rings. The predicted molar refractivity (Wildman–Crippen MR) is 127 cm³/mol. The van der Waals surface area contributed by atoms with Crippen LogP contribution in [0.15, 0.2) is 66.7 Å². The Kier molecular flexibility index (Phi) is 6.47. The third-order valence-electron chi connectivity index (χ3n) is 5.47. The van der Waals surface area contributed by atoms with Crippen LogP contribution in [0.2, 0.25) is 5.02 Å². The summed E-state index contributed by atoms with van der Waals surface area (Å²) in [5.74, 6) is 0.408. The number of amides is 2. The Morgan fingerprint density at radius 2 is 1.72 bits per heavy atom. The van der Waals surface area contributed by atoms with Gasteiger partial charge < -0.3 is 15.0 Å². The number of hydrogen-bond acceptors (Lipinski definition) is 3. The number of fused-ring (bicyclic) bond motifs is 1. The lowest BCUT2D eigenvalue weighted by Crippen LogP contribution is -2.44. The molecule has 0 spiro atoms. The van der Waals surface area contributed by atoms with Crippen LogP contribution in [0, 0.1) is 6.92 Å². The lowest BCUT2D eigenvalue weighted by atomic mass is 10.1. The summed E-state index contributed by atoms with van der Waals surface area (Å²) in [5, 5.41) is 3.59. The maximum atomic E-state index is 12.9. The molecule has 0 saturated carbocycles. The van der Waals surface area contributed by atoms with Gasteiger partial charge in [0.2, 0.25) is 5.91 Å². The van der Waals surface area contributed by atoms with Crippen LogP contribution in [0.3, 0.4) is 0 Å². The van der Waals surface area contributed by atoms with E-state index in [-0.39, 0.29) is 11.8 Å². The SMILES string of the molecule is Cc1ccc(CCC(=O)Nc2ccc3c(c2)N(Cc2ccc(Cl)cc2)C(=O)C(C)O3)cc1. The predicted octanol–water partition coefficient (Wildman–Crippen LogP) is 5.53. The first kappa shape index (κ1) is 21.9. The van der Waals surface area contributed by atoms with Crippen molar-refractivity contribution in [1.29, 1.82) is 0 Å². The van der Waals surface area contributed by atoms with Gasteiger partial charge in [-0.2, -0.15) is 0 Å². The van der Waals surface area contributed by atoms with Gasteiger partial charge in [0.15, 0.2) is 6.10 Å². The van der Waals surface area contributed by atoms with E-state index in [2.05, 4.69) is 5.32 Å². The van der Waals surface area contributed by atoms with Gasteiger partial charge in [-0.05, 0) is 61.7 Å². The smallest absolute Gasteiger partial charge is 0.268 e. The number of benzene rings is 3. The van der Waals surface area contributed by atoms with E-state index in [1.54, 1.807) is 42.2 Å². The minimum absolute atomic E-state index is 0.0776. The highest BCUT2D eigenvalue weighted by molar-refractivity contribution is 6.30. The molecular weight excluding hydrogens is 424 g/mol. The van der Waals surface area contributed by atoms with Crippen LogP contribution < -0.4 is 15.0 Å². The summed E-state index contributed by atoms with van der Waals surface area (Å²) in [4.78, 5) is 27.1. The topological polar surface area (TPSA) is 58.6 Å². The van der Waals surface area contributed by atoms with Gasteiger partial charge in [0.05, 0.1) is 12.2 Å². The first-order valence-corrected chi connectivity index (χ1v) is 11.0. The maximum Gasteiger partial charge on any atom is 0.268 e. The molecular formula is C26H25ClN2O3. The van der Waals surface area contributed by atoms with Gasteiger partial charge in [0.25, 0.3) is 5.91 Å². The number of hydrogen-bond donors (Lipinski definition) is 1. The Bertz CT molecular complexity index is 1130. The highest BCUT2D eigenvalue weighted by Crippen LogP contribution is 2.37. The molecule has 1 atom stereocenters. The fourth-order valence-corrected chi connectivity index (χ4v) is 3.78. The fraction of sp³-hybridized carbons (Fsp3) is 0.231. The highest BCUT2D eigenvalue weighted by Gasteiger charge is 2.31. The van der Waals surface area contributed by atoms with Gasteiger partial charge in [-0.25, -0.2) is 0 Å². The average Bonchev–Trinajstić information content (AvgIpc) is 2.78. The summed E-state index contributed by atoms with van der Waals surface area (Å²) in [5.41, 5.74) is 4.54. The zero-order valence-electron chi connectivity index (χ0n) is 18.1. The second kappa shape index (κ2) is 9.45. The molecule has 1 aliphatic heterocycles. The molecule has 2 amide bonds. The summed E-state index contributed by atoms with van der Waals surface area (Å²) >= 11 is 5.99. The molecule has 3 aromatic carbocycles. The van der Waals surface area contributed by atoms with Crippen molar-refractivity contribution in [2.24, 2.45) is 0 Å². The van der Waals surface area contributed by atoms with Gasteiger partial charge in [-0.1, -0.05) is 53.6 Å². The highest BCUT2D eigenvalue weighted by atomic mass is 35.5. The van der Waals surface area contributed by atoms with Crippen LogP contribution in [0.1, 0.15) is 30.0 Å². The number of ether oxygens (including phenoxy) is 1. The van der Waals surface area contributed by atoms with Crippen LogP contribution in [0.4, 0.5) is 11.4 Å². The van der Waals surface area contributed by atoms with Gasteiger partial charge in [0, 0.05) is 17.1 Å². The Morgan fingerprint density at radius 1 is 1.03 bits per heavy atom. The van der Waals surface area contributed by atoms with E-state index in [0.29, 0.717) is 41.5 Å². The molecule has 1 N–H and O–H groups in total. The molecule has 0 radical (unpaired) electrons. The molecule has 1 unspecified atom stereocenters. The fourth-order valence-electron chi connectivity index (χ4n) is 3.66. The Balaban J connectivity index is 1.49. The van der Waals surface area contributed by atoms with Crippen molar-refractivity contribution in [3.05, 3.63) is 88.4 Å². The second-order valence-electron chi connectivity index (χ2n) is 8.03. The zero-order valence-corrected chi connectivity index (χ0v) is 18.9. The molecule has 5 nitrogen and oxygen atoms in total. The minimum atomic E-state index is -0.579. The quantitative estimate of drug-likeness (QED) is 0.539. The van der Waals surface area contributed by atoms with E-state index in [9.17, 15) is 9.59 Å². The van der Waals surface area contributed by atoms with E-state index in [1.807, 2.05) is 43.3 Å². The van der Waals surface area contributed by atoms with Crippen molar-refractivity contribution < 1.29 is 14.3 Å². The van der Waals surface area contributed by atoms with Crippen molar-refractivity contribution in [3.63, 3.8) is 0 Å². The first-order valence-electron chi connectivity index (χ1n) is 10.6. The molecule has 0 aromatic heterocycles. The van der Waals surface area contributed by atoms with E-state index in [0.717, 1.165) is 11.1 Å². The Morgan fingerprint density at radius 3 is 2.44 bits per heavy atom. The summed E-state index contributed by atoms with van der Waals surface area (Å²) in [7, 11) is 0. The maximum absolute atomic E-state index is 12.9. The number of nitrogens with zero attached hydrogens (tertiary/aromatic N) is 1. The van der Waals surface area contributed by atoms with Crippen molar-refractivity contribution >= 4 is 34.8 Å². The molecule has 0 saturated heterocycles. The van der Waals surface area contributed by atoms with E-state index in [1.165, 1.54) is 5.56 Å². The summed E-state index contributed by atoms with van der Waals surface area (Å²) in [6, 6.07) is 21.0. The lowest BCUT2D eigenvalue weighted by molar-refractivity contribution is -0.125. The molecule has 0 bridgehead atoms. The summed E-state index contributed by atoms with van der Waals surface area (Å²) in [6.45, 7) is 4.17. The standard InChI is InChI=1S/C26H25ClN2O3/c1-17-3-5-19(6-4-17)9-14-25(30)28-22-12-13-24-23(15-22)29(26(31)18(2)32-24)16-20-7-10-21(27)11-8-20/h3-8,10-13,15,18H,9,14,16H2,1-2H3,(H,28,30). The number of rotatable bonds is 6.